The number of piperidine rings is 1. The van der Waals surface area contributed by atoms with Gasteiger partial charge in [-0.25, -0.2) is 0 Å². The van der Waals surface area contributed by atoms with Crippen LogP contribution < -0.4 is 16.4 Å². The molecule has 5 N–H and O–H groups in total. The van der Waals surface area contributed by atoms with Crippen molar-refractivity contribution in [2.45, 2.75) is 58.0 Å². The van der Waals surface area contributed by atoms with Crippen LogP contribution in [0, 0.1) is 5.41 Å². The molecule has 1 fully saturated rings. The molecule has 8 heteroatoms. The Hall–Kier alpha value is -3.65. The first-order chi connectivity index (χ1) is 18.1. The third kappa shape index (κ3) is 6.07. The number of hydrogen-bond donors (Lipinski definition) is 4. The van der Waals surface area contributed by atoms with E-state index in [-0.39, 0.29) is 11.8 Å². The molecule has 3 aromatic rings. The van der Waals surface area contributed by atoms with E-state index < -0.39 is 22.9 Å². The molecule has 0 unspecified atom stereocenters. The van der Waals surface area contributed by atoms with Crippen LogP contribution >= 0.6 is 0 Å². The topological polar surface area (TPSA) is 120 Å². The zero-order valence-electron chi connectivity index (χ0n) is 22.5. The summed E-state index contributed by atoms with van der Waals surface area (Å²) in [5.74, 6) is -0.636. The Morgan fingerprint density at radius 3 is 2.53 bits per heavy atom. The van der Waals surface area contributed by atoms with E-state index in [1.54, 1.807) is 18.7 Å². The molecule has 0 saturated carbocycles. The fourth-order valence-electron chi connectivity index (χ4n) is 5.35. The van der Waals surface area contributed by atoms with Crippen molar-refractivity contribution >= 4 is 28.6 Å². The van der Waals surface area contributed by atoms with Crippen LogP contribution in [0.25, 0.3) is 10.9 Å². The molecule has 38 heavy (non-hydrogen) atoms. The summed E-state index contributed by atoms with van der Waals surface area (Å²) in [5, 5.41) is 6.93. The quantitative estimate of drug-likeness (QED) is 0.349. The van der Waals surface area contributed by atoms with Gasteiger partial charge in [-0.2, -0.15) is 0 Å². The average molecular weight is 518 g/mol. The van der Waals surface area contributed by atoms with Gasteiger partial charge in [-0.15, -0.1) is 0 Å². The van der Waals surface area contributed by atoms with Gasteiger partial charge in [-0.3, -0.25) is 14.4 Å². The van der Waals surface area contributed by atoms with Crippen LogP contribution in [0.2, 0.25) is 0 Å². The number of H-pyrrole nitrogens is 1. The molecule has 1 aliphatic heterocycles. The molecule has 3 amide bonds. The van der Waals surface area contributed by atoms with E-state index in [4.69, 9.17) is 5.73 Å². The number of nitrogens with two attached hydrogens (primary N) is 1. The molecule has 4 rings (SSSR count). The Morgan fingerprint density at radius 1 is 1.11 bits per heavy atom. The Morgan fingerprint density at radius 2 is 1.82 bits per heavy atom. The van der Waals surface area contributed by atoms with E-state index in [0.29, 0.717) is 45.3 Å². The number of para-hydroxylation sites is 1. The lowest BCUT2D eigenvalue weighted by atomic mass is 9.74. The predicted molar refractivity (Wildman–Crippen MR) is 149 cm³/mol. The molecular weight excluding hydrogens is 478 g/mol. The number of aromatic nitrogens is 1. The van der Waals surface area contributed by atoms with Gasteiger partial charge in [0.1, 0.15) is 6.04 Å². The van der Waals surface area contributed by atoms with Crippen molar-refractivity contribution < 1.29 is 14.4 Å². The number of nitrogens with zero attached hydrogens (tertiary/aromatic N) is 1. The lowest BCUT2D eigenvalue weighted by Crippen LogP contribution is -2.60. The number of rotatable bonds is 9. The van der Waals surface area contributed by atoms with Crippen molar-refractivity contribution in [1.29, 1.82) is 0 Å². The number of carbonyl (C=O) groups excluding carboxylic acids is 3. The first-order valence-electron chi connectivity index (χ1n) is 13.4. The fourth-order valence-corrected chi connectivity index (χ4v) is 5.35. The third-order valence-electron chi connectivity index (χ3n) is 7.38. The van der Waals surface area contributed by atoms with E-state index in [1.165, 1.54) is 0 Å². The van der Waals surface area contributed by atoms with Gasteiger partial charge in [-0.1, -0.05) is 48.5 Å². The molecule has 0 bridgehead atoms. The second-order valence-corrected chi connectivity index (χ2v) is 11.0. The zero-order valence-corrected chi connectivity index (χ0v) is 22.5. The minimum Gasteiger partial charge on any atom is -0.361 e. The fraction of sp³-hybridized carbons (Fsp3) is 0.433. The number of benzene rings is 2. The van der Waals surface area contributed by atoms with Crippen molar-refractivity contribution in [3.8, 4) is 0 Å². The first-order valence-corrected chi connectivity index (χ1v) is 13.4. The van der Waals surface area contributed by atoms with Crippen molar-refractivity contribution in [2.75, 3.05) is 19.6 Å². The standard InChI is InChI=1S/C30H39N5O3/c1-4-32-28(38)30(18-21-11-6-5-7-12-21)15-10-16-35(20-30)26(36)25(34-27(37)29(2,3)31)17-22-19-33-24-14-9-8-13-23(22)24/h5-9,11-14,19,25,33H,4,10,15-18,20,31H2,1-3H3,(H,32,38)(H,34,37)/t25-,30+/m1/s1. The van der Waals surface area contributed by atoms with Crippen molar-refractivity contribution in [2.24, 2.45) is 11.1 Å². The monoisotopic (exact) mass is 517 g/mol. The highest BCUT2D eigenvalue weighted by Gasteiger charge is 2.44. The van der Waals surface area contributed by atoms with Crippen LogP contribution in [0.4, 0.5) is 0 Å². The van der Waals surface area contributed by atoms with Crippen LogP contribution in [-0.2, 0) is 27.2 Å². The first kappa shape index (κ1) is 27.4. The summed E-state index contributed by atoms with van der Waals surface area (Å²) in [4.78, 5) is 45.4. The number of carbonyl (C=O) groups is 3. The van der Waals surface area contributed by atoms with Crippen LogP contribution in [0.5, 0.6) is 0 Å². The van der Waals surface area contributed by atoms with E-state index in [2.05, 4.69) is 15.6 Å². The molecule has 2 aromatic carbocycles. The van der Waals surface area contributed by atoms with E-state index >= 15 is 0 Å². The Kier molecular flexibility index (Phi) is 8.21. The van der Waals surface area contributed by atoms with E-state index in [9.17, 15) is 14.4 Å². The molecular formula is C30H39N5O3. The molecule has 0 spiro atoms. The number of aromatic amines is 1. The summed E-state index contributed by atoms with van der Waals surface area (Å²) in [6, 6.07) is 17.0. The van der Waals surface area contributed by atoms with Gasteiger partial charge in [0.05, 0.1) is 11.0 Å². The summed E-state index contributed by atoms with van der Waals surface area (Å²) in [6.45, 7) is 6.49. The Balaban J connectivity index is 1.63. The normalized spacial score (nSPS) is 18.7. The Bertz CT molecular complexity index is 1280. The van der Waals surface area contributed by atoms with Crippen molar-refractivity contribution in [3.63, 3.8) is 0 Å². The molecule has 2 heterocycles. The van der Waals surface area contributed by atoms with E-state index in [1.807, 2.05) is 67.7 Å². The average Bonchev–Trinajstić information content (AvgIpc) is 3.31. The second-order valence-electron chi connectivity index (χ2n) is 11.0. The third-order valence-corrected chi connectivity index (χ3v) is 7.38. The molecule has 0 aliphatic carbocycles. The number of likely N-dealkylation sites (tertiary alicyclic amines) is 1. The predicted octanol–water partition coefficient (Wildman–Crippen LogP) is 2.92. The highest BCUT2D eigenvalue weighted by molar-refractivity contribution is 5.93. The van der Waals surface area contributed by atoms with Crippen LogP contribution in [-0.4, -0.2) is 58.8 Å². The van der Waals surface area contributed by atoms with Gasteiger partial charge in [0.2, 0.25) is 17.7 Å². The summed E-state index contributed by atoms with van der Waals surface area (Å²) in [5.41, 5.74) is 7.15. The molecule has 202 valence electrons. The maximum atomic E-state index is 14.1. The van der Waals surface area contributed by atoms with Crippen molar-refractivity contribution in [1.82, 2.24) is 20.5 Å². The second kappa shape index (κ2) is 11.4. The van der Waals surface area contributed by atoms with Crippen LogP contribution in [0.3, 0.4) is 0 Å². The Labute approximate surface area is 224 Å². The summed E-state index contributed by atoms with van der Waals surface area (Å²) in [7, 11) is 0. The van der Waals surface area contributed by atoms with Gasteiger partial charge in [0.15, 0.2) is 0 Å². The lowest BCUT2D eigenvalue weighted by molar-refractivity contribution is -0.144. The summed E-state index contributed by atoms with van der Waals surface area (Å²) in [6.07, 6.45) is 4.13. The number of nitrogens with one attached hydrogen (secondary N) is 3. The smallest absolute Gasteiger partial charge is 0.245 e. The molecule has 1 aromatic heterocycles. The molecule has 8 nitrogen and oxygen atoms in total. The SMILES string of the molecule is CCNC(=O)[C@]1(Cc2ccccc2)CCCN(C(=O)[C@@H](Cc2c[nH]c3ccccc23)NC(=O)C(C)(C)N)C1. The summed E-state index contributed by atoms with van der Waals surface area (Å²) >= 11 is 0. The molecule has 0 radical (unpaired) electrons. The number of fused-ring (bicyclic) bond motifs is 1. The highest BCUT2D eigenvalue weighted by Crippen LogP contribution is 2.35. The number of amides is 3. The molecule has 2 atom stereocenters. The lowest BCUT2D eigenvalue weighted by Gasteiger charge is -2.43. The van der Waals surface area contributed by atoms with Gasteiger partial charge < -0.3 is 26.3 Å². The summed E-state index contributed by atoms with van der Waals surface area (Å²) < 4.78 is 0. The van der Waals surface area contributed by atoms with Crippen LogP contribution in [0.15, 0.2) is 60.8 Å². The van der Waals surface area contributed by atoms with Gasteiger partial charge in [0, 0.05) is 43.2 Å². The van der Waals surface area contributed by atoms with Crippen LogP contribution in [0.1, 0.15) is 44.7 Å². The zero-order chi connectivity index (χ0) is 27.3. The molecule has 1 aliphatic rings. The number of hydrogen-bond acceptors (Lipinski definition) is 4. The van der Waals surface area contributed by atoms with Gasteiger partial charge in [-0.05, 0) is 57.2 Å². The maximum Gasteiger partial charge on any atom is 0.245 e. The molecule has 1 saturated heterocycles. The van der Waals surface area contributed by atoms with Crippen molar-refractivity contribution in [3.05, 3.63) is 71.9 Å². The minimum absolute atomic E-state index is 0.0401. The minimum atomic E-state index is -1.14. The van der Waals surface area contributed by atoms with Gasteiger partial charge in [0.25, 0.3) is 0 Å². The van der Waals surface area contributed by atoms with Gasteiger partial charge >= 0.3 is 0 Å². The maximum absolute atomic E-state index is 14.1. The largest absolute Gasteiger partial charge is 0.361 e. The van der Waals surface area contributed by atoms with E-state index in [0.717, 1.165) is 22.0 Å². The highest BCUT2D eigenvalue weighted by atomic mass is 16.2.